The van der Waals surface area contributed by atoms with Crippen LogP contribution in [0.25, 0.3) is 10.9 Å². The van der Waals surface area contributed by atoms with E-state index in [9.17, 15) is 4.79 Å². The highest BCUT2D eigenvalue weighted by Gasteiger charge is 2.27. The van der Waals surface area contributed by atoms with Gasteiger partial charge in [0, 0.05) is 11.1 Å². The molecule has 8 nitrogen and oxygen atoms in total. The van der Waals surface area contributed by atoms with E-state index >= 15 is 0 Å². The molecule has 1 saturated carbocycles. The number of nitrogens with one attached hydrogen (secondary N) is 2. The Morgan fingerprint density at radius 1 is 0.923 bits per heavy atom. The molecule has 2 aromatic carbocycles. The van der Waals surface area contributed by atoms with E-state index in [1.807, 2.05) is 37.3 Å². The molecule has 208 valence electrons. The zero-order valence-electron chi connectivity index (χ0n) is 24.4. The number of aromatic nitrogens is 2. The summed E-state index contributed by atoms with van der Waals surface area (Å²) in [5.41, 5.74) is 16.2. The summed E-state index contributed by atoms with van der Waals surface area (Å²) < 4.78 is 0. The summed E-state index contributed by atoms with van der Waals surface area (Å²) in [7, 11) is 0. The van der Waals surface area contributed by atoms with Crippen LogP contribution >= 0.6 is 0 Å². The summed E-state index contributed by atoms with van der Waals surface area (Å²) >= 11 is 0. The van der Waals surface area contributed by atoms with Crippen LogP contribution in [0, 0.1) is 6.92 Å². The molecular weight excluding hydrogens is 486 g/mol. The summed E-state index contributed by atoms with van der Waals surface area (Å²) in [6.07, 6.45) is 3.95. The van der Waals surface area contributed by atoms with Crippen LogP contribution in [-0.2, 0) is 10.8 Å². The van der Waals surface area contributed by atoms with Crippen LogP contribution in [0.15, 0.2) is 41.4 Å². The monoisotopic (exact) mass is 529 g/mol. The number of rotatable bonds is 5. The van der Waals surface area contributed by atoms with Gasteiger partial charge in [0.05, 0.1) is 17.6 Å². The molecule has 0 bridgehead atoms. The molecule has 1 aromatic heterocycles. The number of aliphatic imine (C=N–C) groups is 1. The molecule has 3 aromatic rings. The first-order valence-corrected chi connectivity index (χ1v) is 13.8. The fourth-order valence-electron chi connectivity index (χ4n) is 5.01. The minimum absolute atomic E-state index is 0.00758. The van der Waals surface area contributed by atoms with Gasteiger partial charge in [-0.3, -0.25) is 4.79 Å². The average molecular weight is 530 g/mol. The lowest BCUT2D eigenvalue weighted by Crippen LogP contribution is -2.38. The normalized spacial score (nSPS) is 18.0. The molecule has 2 atom stereocenters. The van der Waals surface area contributed by atoms with E-state index in [1.54, 1.807) is 0 Å². The third kappa shape index (κ3) is 6.85. The Hall–Kier alpha value is -3.68. The predicted molar refractivity (Wildman–Crippen MR) is 162 cm³/mol. The second kappa shape index (κ2) is 10.8. The highest BCUT2D eigenvalue weighted by atomic mass is 16.2. The topological polar surface area (TPSA) is 131 Å². The number of aryl methyl sites for hydroxylation is 1. The van der Waals surface area contributed by atoms with Crippen molar-refractivity contribution in [2.75, 3.05) is 10.6 Å². The van der Waals surface area contributed by atoms with Gasteiger partial charge in [0.2, 0.25) is 5.82 Å². The maximum absolute atomic E-state index is 13.6. The van der Waals surface area contributed by atoms with Crippen molar-refractivity contribution in [3.8, 4) is 0 Å². The summed E-state index contributed by atoms with van der Waals surface area (Å²) in [6.45, 7) is 15.1. The summed E-state index contributed by atoms with van der Waals surface area (Å²) in [4.78, 5) is 27.4. The zero-order chi connectivity index (χ0) is 28.5. The van der Waals surface area contributed by atoms with Gasteiger partial charge < -0.3 is 22.1 Å². The molecule has 0 radical (unpaired) electrons. The third-order valence-corrected chi connectivity index (χ3v) is 7.34. The standard InChI is InChI=1S/C31H43N7O/c1-18-12-13-23-22(14-18)26(36-24-10-8-9-11-25(24)37-29(32)33)38-27(35-23)28(39)34-21-16-19(30(2,3)4)15-20(17-21)31(5,6)7/h12-17,24-25H,8-11H2,1-7H3,(H,34,39)(H4,32,33,37)(H,35,36,38). The number of hydrogen-bond acceptors (Lipinski definition) is 5. The number of carbonyl (C=O) groups is 1. The minimum Gasteiger partial charge on any atom is -0.370 e. The van der Waals surface area contributed by atoms with E-state index in [2.05, 4.69) is 68.2 Å². The van der Waals surface area contributed by atoms with Crippen molar-refractivity contribution in [3.05, 3.63) is 58.9 Å². The smallest absolute Gasteiger partial charge is 0.293 e. The lowest BCUT2D eigenvalue weighted by Gasteiger charge is -2.30. The van der Waals surface area contributed by atoms with Gasteiger partial charge in [-0.1, -0.05) is 72.1 Å². The quantitative estimate of drug-likeness (QED) is 0.245. The number of nitrogens with two attached hydrogens (primary N) is 2. The van der Waals surface area contributed by atoms with E-state index in [1.165, 1.54) is 0 Å². The van der Waals surface area contributed by atoms with Crippen molar-refractivity contribution in [2.24, 2.45) is 16.5 Å². The van der Waals surface area contributed by atoms with Gasteiger partial charge in [-0.2, -0.15) is 0 Å². The molecule has 1 amide bonds. The second-order valence-electron chi connectivity index (χ2n) is 12.8. The van der Waals surface area contributed by atoms with Gasteiger partial charge in [0.25, 0.3) is 5.91 Å². The Kier molecular flexibility index (Phi) is 7.87. The highest BCUT2D eigenvalue weighted by molar-refractivity contribution is 6.04. The van der Waals surface area contributed by atoms with Crippen LogP contribution in [0.3, 0.4) is 0 Å². The molecule has 1 fully saturated rings. The minimum atomic E-state index is -0.351. The van der Waals surface area contributed by atoms with Crippen LogP contribution in [0.4, 0.5) is 11.5 Å². The van der Waals surface area contributed by atoms with Gasteiger partial charge in [-0.15, -0.1) is 0 Å². The van der Waals surface area contributed by atoms with Crippen molar-refractivity contribution < 1.29 is 4.79 Å². The molecule has 1 heterocycles. The number of carbonyl (C=O) groups excluding carboxylic acids is 1. The SMILES string of the molecule is Cc1ccc2nc(C(=O)Nc3cc(C(C)(C)C)cc(C(C)(C)C)c3)nc(NC3CCCCC3N=C(N)N)c2c1. The molecule has 0 saturated heterocycles. The van der Waals surface area contributed by atoms with E-state index in [4.69, 9.17) is 16.5 Å². The average Bonchev–Trinajstić information content (AvgIpc) is 2.83. The molecule has 39 heavy (non-hydrogen) atoms. The largest absolute Gasteiger partial charge is 0.370 e. The molecule has 0 aliphatic heterocycles. The molecule has 0 spiro atoms. The molecule has 2 unspecified atom stereocenters. The molecule has 1 aliphatic rings. The van der Waals surface area contributed by atoms with E-state index in [0.29, 0.717) is 11.3 Å². The molecule has 1 aliphatic carbocycles. The van der Waals surface area contributed by atoms with Crippen LogP contribution in [-0.4, -0.2) is 33.9 Å². The Bertz CT molecular complexity index is 1360. The number of nitrogens with zero attached hydrogens (tertiary/aromatic N) is 3. The summed E-state index contributed by atoms with van der Waals surface area (Å²) in [6, 6.07) is 12.2. The van der Waals surface area contributed by atoms with Crippen molar-refractivity contribution in [3.63, 3.8) is 0 Å². The number of hydrogen-bond donors (Lipinski definition) is 4. The van der Waals surface area contributed by atoms with Gasteiger partial charge in [0.1, 0.15) is 5.82 Å². The summed E-state index contributed by atoms with van der Waals surface area (Å²) in [5.74, 6) is 0.469. The van der Waals surface area contributed by atoms with E-state index in [0.717, 1.165) is 53.4 Å². The Morgan fingerprint density at radius 3 is 2.18 bits per heavy atom. The first-order chi connectivity index (χ1) is 18.2. The fraction of sp³-hybridized carbons (Fsp3) is 0.484. The number of anilines is 2. The van der Waals surface area contributed by atoms with Crippen LogP contribution < -0.4 is 22.1 Å². The van der Waals surface area contributed by atoms with Crippen LogP contribution in [0.2, 0.25) is 0 Å². The molecule has 6 N–H and O–H groups in total. The molecule has 4 rings (SSSR count). The van der Waals surface area contributed by atoms with Gasteiger partial charge in [0.15, 0.2) is 5.96 Å². The van der Waals surface area contributed by atoms with Gasteiger partial charge in [-0.25, -0.2) is 15.0 Å². The lowest BCUT2D eigenvalue weighted by atomic mass is 9.80. The Labute approximate surface area is 232 Å². The van der Waals surface area contributed by atoms with Crippen LogP contribution in [0.1, 0.15) is 94.5 Å². The van der Waals surface area contributed by atoms with Crippen molar-refractivity contribution in [1.82, 2.24) is 9.97 Å². The zero-order valence-corrected chi connectivity index (χ0v) is 24.4. The van der Waals surface area contributed by atoms with Crippen molar-refractivity contribution in [1.29, 1.82) is 0 Å². The van der Waals surface area contributed by atoms with Gasteiger partial charge >= 0.3 is 0 Å². The first kappa shape index (κ1) is 28.3. The third-order valence-electron chi connectivity index (χ3n) is 7.34. The first-order valence-electron chi connectivity index (χ1n) is 13.8. The van der Waals surface area contributed by atoms with E-state index in [-0.39, 0.29) is 40.6 Å². The second-order valence-corrected chi connectivity index (χ2v) is 12.8. The lowest BCUT2D eigenvalue weighted by molar-refractivity contribution is 0.101. The van der Waals surface area contributed by atoms with Crippen LogP contribution in [0.5, 0.6) is 0 Å². The Balaban J connectivity index is 1.72. The maximum atomic E-state index is 13.6. The predicted octanol–water partition coefficient (Wildman–Crippen LogP) is 5.78. The highest BCUT2D eigenvalue weighted by Crippen LogP contribution is 2.33. The number of fused-ring (bicyclic) bond motifs is 1. The molecule has 8 heteroatoms. The fourth-order valence-corrected chi connectivity index (χ4v) is 5.01. The number of guanidine groups is 1. The number of benzene rings is 2. The molecular formula is C31H43N7O. The number of amides is 1. The Morgan fingerprint density at radius 2 is 1.56 bits per heavy atom. The maximum Gasteiger partial charge on any atom is 0.293 e. The van der Waals surface area contributed by atoms with Gasteiger partial charge in [-0.05, 0) is 66.0 Å². The summed E-state index contributed by atoms with van der Waals surface area (Å²) in [5, 5.41) is 7.52. The van der Waals surface area contributed by atoms with Crippen molar-refractivity contribution in [2.45, 2.75) is 97.1 Å². The van der Waals surface area contributed by atoms with E-state index < -0.39 is 0 Å². The van der Waals surface area contributed by atoms with Crippen molar-refractivity contribution >= 4 is 34.3 Å².